The second-order valence-electron chi connectivity index (χ2n) is 6.60. The molecule has 0 aliphatic carbocycles. The van der Waals surface area contributed by atoms with Gasteiger partial charge in [0, 0.05) is 25.0 Å². The Morgan fingerprint density at radius 2 is 1.80 bits per heavy atom. The fourth-order valence-electron chi connectivity index (χ4n) is 2.84. The SMILES string of the molecule is Cc1cc(-c2cc(C)c3cc(CC(=O)N(C)C)ccc3n2)ccc1F. The highest BCUT2D eigenvalue weighted by Gasteiger charge is 2.10. The molecule has 0 bridgehead atoms. The van der Waals surface area contributed by atoms with E-state index in [9.17, 15) is 9.18 Å². The minimum absolute atomic E-state index is 0.0726. The van der Waals surface area contributed by atoms with E-state index in [-0.39, 0.29) is 11.7 Å². The Bertz CT molecular complexity index is 964. The molecule has 0 saturated carbocycles. The zero-order valence-electron chi connectivity index (χ0n) is 14.9. The molecule has 3 rings (SSSR count). The van der Waals surface area contributed by atoms with Crippen molar-refractivity contribution in [2.45, 2.75) is 20.3 Å². The van der Waals surface area contributed by atoms with Crippen molar-refractivity contribution in [2.24, 2.45) is 0 Å². The molecule has 1 aromatic heterocycles. The number of halogens is 1. The highest BCUT2D eigenvalue weighted by molar-refractivity contribution is 5.87. The van der Waals surface area contributed by atoms with E-state index in [1.165, 1.54) is 6.07 Å². The van der Waals surface area contributed by atoms with Crippen LogP contribution in [0.5, 0.6) is 0 Å². The van der Waals surface area contributed by atoms with Gasteiger partial charge in [0.2, 0.25) is 5.91 Å². The van der Waals surface area contributed by atoms with E-state index >= 15 is 0 Å². The number of aryl methyl sites for hydroxylation is 2. The summed E-state index contributed by atoms with van der Waals surface area (Å²) in [5.74, 6) is -0.139. The standard InChI is InChI=1S/C21H21FN2O/c1-13-10-20(16-6-7-18(22)14(2)9-16)23-19-8-5-15(11-17(13)19)12-21(25)24(3)4/h5-11H,12H2,1-4H3. The van der Waals surface area contributed by atoms with Crippen LogP contribution < -0.4 is 0 Å². The number of pyridine rings is 1. The van der Waals surface area contributed by atoms with Gasteiger partial charge in [0.1, 0.15) is 5.82 Å². The molecule has 0 radical (unpaired) electrons. The Kier molecular flexibility index (Phi) is 4.53. The largest absolute Gasteiger partial charge is 0.349 e. The molecule has 0 saturated heterocycles. The fraction of sp³-hybridized carbons (Fsp3) is 0.238. The van der Waals surface area contributed by atoms with E-state index in [0.29, 0.717) is 12.0 Å². The molecule has 0 N–H and O–H groups in total. The lowest BCUT2D eigenvalue weighted by Gasteiger charge is -2.12. The van der Waals surface area contributed by atoms with E-state index < -0.39 is 0 Å². The second kappa shape index (κ2) is 6.63. The van der Waals surface area contributed by atoms with Crippen LogP contribution >= 0.6 is 0 Å². The molecule has 3 aromatic rings. The molecule has 0 spiro atoms. The van der Waals surface area contributed by atoms with Gasteiger partial charge in [0.25, 0.3) is 0 Å². The number of carbonyl (C=O) groups is 1. The van der Waals surface area contributed by atoms with Crippen molar-refractivity contribution in [1.82, 2.24) is 9.88 Å². The van der Waals surface area contributed by atoms with E-state index in [0.717, 1.165) is 33.3 Å². The third-order valence-electron chi connectivity index (χ3n) is 4.39. The number of aromatic nitrogens is 1. The number of amides is 1. The smallest absolute Gasteiger partial charge is 0.226 e. The molecule has 1 heterocycles. The lowest BCUT2D eigenvalue weighted by atomic mass is 10.0. The molecule has 0 aliphatic heterocycles. The summed E-state index contributed by atoms with van der Waals surface area (Å²) in [4.78, 5) is 18.2. The summed E-state index contributed by atoms with van der Waals surface area (Å²) in [7, 11) is 3.51. The van der Waals surface area contributed by atoms with Gasteiger partial charge >= 0.3 is 0 Å². The molecular weight excluding hydrogens is 315 g/mol. The lowest BCUT2D eigenvalue weighted by Crippen LogP contribution is -2.23. The highest BCUT2D eigenvalue weighted by atomic mass is 19.1. The zero-order chi connectivity index (χ0) is 18.1. The first-order chi connectivity index (χ1) is 11.8. The molecule has 25 heavy (non-hydrogen) atoms. The summed E-state index contributed by atoms with van der Waals surface area (Å²) < 4.78 is 13.5. The van der Waals surface area contributed by atoms with Gasteiger partial charge < -0.3 is 4.90 Å². The molecule has 1 amide bonds. The van der Waals surface area contributed by atoms with Gasteiger partial charge in [-0.15, -0.1) is 0 Å². The van der Waals surface area contributed by atoms with Gasteiger partial charge in [-0.1, -0.05) is 6.07 Å². The van der Waals surface area contributed by atoms with Crippen molar-refractivity contribution in [3.05, 3.63) is 65.0 Å². The number of carbonyl (C=O) groups excluding carboxylic acids is 1. The number of nitrogens with zero attached hydrogens (tertiary/aromatic N) is 2. The Hall–Kier alpha value is -2.75. The maximum absolute atomic E-state index is 13.5. The van der Waals surface area contributed by atoms with Gasteiger partial charge in [-0.05, 0) is 66.9 Å². The van der Waals surface area contributed by atoms with Gasteiger partial charge in [0.15, 0.2) is 0 Å². The zero-order valence-corrected chi connectivity index (χ0v) is 14.9. The minimum atomic E-state index is -0.212. The predicted octanol–water partition coefficient (Wildman–Crippen LogP) is 4.29. The Balaban J connectivity index is 2.02. The quantitative estimate of drug-likeness (QED) is 0.715. The lowest BCUT2D eigenvalue weighted by molar-refractivity contribution is -0.127. The summed E-state index contributed by atoms with van der Waals surface area (Å²) in [6, 6.07) is 13.0. The topological polar surface area (TPSA) is 33.2 Å². The van der Waals surface area contributed by atoms with Crippen molar-refractivity contribution in [3.8, 4) is 11.3 Å². The molecule has 4 heteroatoms. The summed E-state index contributed by atoms with van der Waals surface area (Å²) in [5, 5.41) is 1.03. The van der Waals surface area contributed by atoms with E-state index in [4.69, 9.17) is 4.98 Å². The van der Waals surface area contributed by atoms with Crippen molar-refractivity contribution in [1.29, 1.82) is 0 Å². The minimum Gasteiger partial charge on any atom is -0.349 e. The molecular formula is C21H21FN2O. The number of hydrogen-bond acceptors (Lipinski definition) is 2. The van der Waals surface area contributed by atoms with Crippen LogP contribution in [0.25, 0.3) is 22.2 Å². The first kappa shape index (κ1) is 17.1. The fourth-order valence-corrected chi connectivity index (χ4v) is 2.84. The molecule has 3 nitrogen and oxygen atoms in total. The average Bonchev–Trinajstić information content (AvgIpc) is 2.57. The Labute approximate surface area is 147 Å². The molecule has 128 valence electrons. The number of likely N-dealkylation sites (N-methyl/N-ethyl adjacent to an activating group) is 1. The average molecular weight is 336 g/mol. The van der Waals surface area contributed by atoms with Crippen LogP contribution in [0.1, 0.15) is 16.7 Å². The van der Waals surface area contributed by atoms with Crippen LogP contribution in [0.3, 0.4) is 0 Å². The van der Waals surface area contributed by atoms with Gasteiger partial charge in [-0.25, -0.2) is 9.37 Å². The summed E-state index contributed by atoms with van der Waals surface area (Å²) in [5.41, 5.74) is 5.26. The molecule has 0 atom stereocenters. The number of fused-ring (bicyclic) bond motifs is 1. The maximum Gasteiger partial charge on any atom is 0.226 e. The van der Waals surface area contributed by atoms with Gasteiger partial charge in [0.05, 0.1) is 17.6 Å². The number of hydrogen-bond donors (Lipinski definition) is 0. The normalized spacial score (nSPS) is 10.9. The van der Waals surface area contributed by atoms with Crippen LogP contribution in [-0.2, 0) is 11.2 Å². The van der Waals surface area contributed by atoms with E-state index in [1.54, 1.807) is 32.0 Å². The molecule has 0 unspecified atom stereocenters. The van der Waals surface area contributed by atoms with Crippen LogP contribution in [0.2, 0.25) is 0 Å². The Morgan fingerprint density at radius 1 is 1.04 bits per heavy atom. The van der Waals surface area contributed by atoms with Crippen molar-refractivity contribution in [3.63, 3.8) is 0 Å². The Morgan fingerprint density at radius 3 is 2.48 bits per heavy atom. The summed E-state index contributed by atoms with van der Waals surface area (Å²) in [6.07, 6.45) is 0.376. The second-order valence-corrected chi connectivity index (χ2v) is 6.60. The number of benzene rings is 2. The van der Waals surface area contributed by atoms with Gasteiger partial charge in [-0.3, -0.25) is 4.79 Å². The third kappa shape index (κ3) is 3.53. The monoisotopic (exact) mass is 336 g/mol. The molecule has 0 aliphatic rings. The van der Waals surface area contributed by atoms with Crippen molar-refractivity contribution >= 4 is 16.8 Å². The maximum atomic E-state index is 13.5. The first-order valence-electron chi connectivity index (χ1n) is 8.22. The molecule has 0 fully saturated rings. The van der Waals surface area contributed by atoms with Crippen LogP contribution in [-0.4, -0.2) is 29.9 Å². The van der Waals surface area contributed by atoms with Crippen molar-refractivity contribution < 1.29 is 9.18 Å². The van der Waals surface area contributed by atoms with E-state index in [1.807, 2.05) is 37.3 Å². The predicted molar refractivity (Wildman–Crippen MR) is 99.0 cm³/mol. The summed E-state index contributed by atoms with van der Waals surface area (Å²) in [6.45, 7) is 3.78. The van der Waals surface area contributed by atoms with Crippen molar-refractivity contribution in [2.75, 3.05) is 14.1 Å². The van der Waals surface area contributed by atoms with Crippen LogP contribution in [0, 0.1) is 19.7 Å². The third-order valence-corrected chi connectivity index (χ3v) is 4.39. The van der Waals surface area contributed by atoms with Crippen LogP contribution in [0.15, 0.2) is 42.5 Å². The first-order valence-corrected chi connectivity index (χ1v) is 8.22. The summed E-state index contributed by atoms with van der Waals surface area (Å²) >= 11 is 0. The number of rotatable bonds is 3. The van der Waals surface area contributed by atoms with Crippen LogP contribution in [0.4, 0.5) is 4.39 Å². The highest BCUT2D eigenvalue weighted by Crippen LogP contribution is 2.26. The van der Waals surface area contributed by atoms with E-state index in [2.05, 4.69) is 0 Å². The molecule has 2 aromatic carbocycles. The van der Waals surface area contributed by atoms with Gasteiger partial charge in [-0.2, -0.15) is 0 Å².